The lowest BCUT2D eigenvalue weighted by atomic mass is 10.2. The first kappa shape index (κ1) is 12.2. The van der Waals surface area contributed by atoms with Crippen molar-refractivity contribution in [3.63, 3.8) is 0 Å². The summed E-state index contributed by atoms with van der Waals surface area (Å²) in [4.78, 5) is 22.5. The smallest absolute Gasteiger partial charge is 0.410 e. The van der Waals surface area contributed by atoms with Crippen molar-refractivity contribution in [3.8, 4) is 0 Å². The molecule has 2 rings (SSSR count). The molecule has 0 bridgehead atoms. The van der Waals surface area contributed by atoms with Crippen molar-refractivity contribution in [2.24, 2.45) is 0 Å². The van der Waals surface area contributed by atoms with Crippen LogP contribution in [-0.2, 0) is 20.8 Å². The molecule has 1 aliphatic heterocycles. The number of benzene rings is 1. The van der Waals surface area contributed by atoms with E-state index >= 15 is 0 Å². The van der Waals surface area contributed by atoms with Gasteiger partial charge in [0.1, 0.15) is 0 Å². The second-order valence-electron chi connectivity index (χ2n) is 3.87. The highest BCUT2D eigenvalue weighted by atomic mass is 16.7. The maximum atomic E-state index is 11.4. The van der Waals surface area contributed by atoms with Crippen LogP contribution in [0.1, 0.15) is 12.5 Å². The van der Waals surface area contributed by atoms with E-state index in [0.717, 1.165) is 5.56 Å². The maximum absolute atomic E-state index is 11.4. The van der Waals surface area contributed by atoms with Gasteiger partial charge in [0.05, 0.1) is 0 Å². The van der Waals surface area contributed by atoms with Gasteiger partial charge in [-0.3, -0.25) is 0 Å². The van der Waals surface area contributed by atoms with Gasteiger partial charge in [-0.2, -0.15) is 0 Å². The van der Waals surface area contributed by atoms with E-state index < -0.39 is 18.4 Å². The molecule has 1 aliphatic rings. The van der Waals surface area contributed by atoms with Crippen LogP contribution in [-0.4, -0.2) is 18.4 Å². The van der Waals surface area contributed by atoms with Gasteiger partial charge in [0.25, 0.3) is 6.29 Å². The van der Waals surface area contributed by atoms with Gasteiger partial charge in [0.2, 0.25) is 0 Å². The fraction of sp³-hybridized carbons (Fsp3) is 0.231. The first-order chi connectivity index (χ1) is 8.65. The molecular formula is C13H13NO4. The molecule has 0 saturated heterocycles. The number of ether oxygens (including phenoxy) is 2. The molecule has 0 aliphatic carbocycles. The number of hydrogen-bond donors (Lipinski definition) is 1. The minimum absolute atomic E-state index is 0.364. The van der Waals surface area contributed by atoms with Gasteiger partial charge in [-0.1, -0.05) is 30.3 Å². The molecule has 1 aromatic carbocycles. The van der Waals surface area contributed by atoms with Crippen molar-refractivity contribution in [2.75, 3.05) is 0 Å². The topological polar surface area (TPSA) is 64.6 Å². The van der Waals surface area contributed by atoms with Crippen molar-refractivity contribution < 1.29 is 19.1 Å². The fourth-order valence-corrected chi connectivity index (χ4v) is 1.48. The Labute approximate surface area is 104 Å². The Morgan fingerprint density at radius 3 is 2.72 bits per heavy atom. The second kappa shape index (κ2) is 5.35. The highest BCUT2D eigenvalue weighted by molar-refractivity contribution is 5.90. The molecular weight excluding hydrogens is 234 g/mol. The van der Waals surface area contributed by atoms with Gasteiger partial charge >= 0.3 is 12.1 Å². The van der Waals surface area contributed by atoms with E-state index in [4.69, 9.17) is 9.47 Å². The van der Waals surface area contributed by atoms with E-state index in [0.29, 0.717) is 12.1 Å². The van der Waals surface area contributed by atoms with E-state index in [2.05, 4.69) is 5.32 Å². The average molecular weight is 247 g/mol. The van der Waals surface area contributed by atoms with Gasteiger partial charge in [-0.15, -0.1) is 0 Å². The summed E-state index contributed by atoms with van der Waals surface area (Å²) in [5.41, 5.74) is 1.40. The number of amides is 1. The largest absolute Gasteiger partial charge is 0.418 e. The average Bonchev–Trinajstić information content (AvgIpc) is 2.67. The number of hydrogen-bond acceptors (Lipinski definition) is 4. The zero-order valence-electron chi connectivity index (χ0n) is 9.88. The van der Waals surface area contributed by atoms with Gasteiger partial charge in [-0.05, 0) is 12.5 Å². The number of nitrogens with one attached hydrogen (secondary N) is 1. The van der Waals surface area contributed by atoms with Crippen LogP contribution in [0.5, 0.6) is 0 Å². The fourth-order valence-electron chi connectivity index (χ4n) is 1.48. The highest BCUT2D eigenvalue weighted by Gasteiger charge is 2.25. The van der Waals surface area contributed by atoms with Crippen LogP contribution in [0.2, 0.25) is 0 Å². The summed E-state index contributed by atoms with van der Waals surface area (Å²) in [7, 11) is 0. The van der Waals surface area contributed by atoms with Crippen LogP contribution in [0.25, 0.3) is 0 Å². The lowest BCUT2D eigenvalue weighted by Gasteiger charge is -2.10. The number of esters is 1. The molecule has 0 fully saturated rings. The van der Waals surface area contributed by atoms with Crippen LogP contribution in [0.15, 0.2) is 42.0 Å². The molecule has 94 valence electrons. The summed E-state index contributed by atoms with van der Waals surface area (Å²) in [5, 5.41) is 2.57. The summed E-state index contributed by atoms with van der Waals surface area (Å²) in [5.74, 6) is -0.462. The number of rotatable bonds is 3. The van der Waals surface area contributed by atoms with Crippen LogP contribution < -0.4 is 5.32 Å². The zero-order valence-corrected chi connectivity index (χ0v) is 9.88. The minimum Gasteiger partial charge on any atom is -0.418 e. The van der Waals surface area contributed by atoms with E-state index in [-0.39, 0.29) is 0 Å². The molecule has 0 aromatic heterocycles. The number of carbonyl (C=O) groups excluding carboxylic acids is 2. The molecule has 5 nitrogen and oxygen atoms in total. The summed E-state index contributed by atoms with van der Waals surface area (Å²) in [6.07, 6.45) is -0.0828. The Balaban J connectivity index is 1.78. The third-order valence-corrected chi connectivity index (χ3v) is 2.43. The van der Waals surface area contributed by atoms with Gasteiger partial charge < -0.3 is 14.8 Å². The first-order valence-corrected chi connectivity index (χ1v) is 5.53. The first-order valence-electron chi connectivity index (χ1n) is 5.53. The van der Waals surface area contributed by atoms with Crippen LogP contribution in [0.3, 0.4) is 0 Å². The normalized spacial score (nSPS) is 17.9. The molecule has 1 unspecified atom stereocenters. The lowest BCUT2D eigenvalue weighted by Crippen LogP contribution is -2.28. The molecule has 5 heteroatoms. The number of carbonyl (C=O) groups is 2. The Kier molecular flexibility index (Phi) is 3.62. The number of alkyl carbamates (subject to hydrolysis) is 1. The third-order valence-electron chi connectivity index (χ3n) is 2.43. The standard InChI is InChI=1S/C13H13NO4/c1-9-7-11(17-12(9)15)18-13(16)14-8-10-5-3-2-4-6-10/h2-7,11H,8H2,1H3,(H,14,16). The SMILES string of the molecule is CC1=CC(OC(=O)NCc2ccccc2)OC1=O. The van der Waals surface area contributed by atoms with Gasteiger partial charge in [-0.25, -0.2) is 9.59 Å². The molecule has 0 spiro atoms. The molecule has 1 heterocycles. The van der Waals surface area contributed by atoms with E-state index in [9.17, 15) is 9.59 Å². The monoisotopic (exact) mass is 247 g/mol. The van der Waals surface area contributed by atoms with Crippen molar-refractivity contribution in [1.29, 1.82) is 0 Å². The Bertz CT molecular complexity index is 481. The molecule has 0 radical (unpaired) electrons. The van der Waals surface area contributed by atoms with Crippen LogP contribution in [0, 0.1) is 0 Å². The molecule has 1 amide bonds. The predicted octanol–water partition coefficient (Wildman–Crippen LogP) is 1.74. The van der Waals surface area contributed by atoms with Crippen LogP contribution >= 0.6 is 0 Å². The maximum Gasteiger partial charge on any atom is 0.410 e. The molecule has 0 saturated carbocycles. The Morgan fingerprint density at radius 2 is 2.11 bits per heavy atom. The van der Waals surface area contributed by atoms with Crippen molar-refractivity contribution in [1.82, 2.24) is 5.32 Å². The summed E-state index contributed by atoms with van der Waals surface area (Å²) in [6, 6.07) is 9.44. The zero-order chi connectivity index (χ0) is 13.0. The quantitative estimate of drug-likeness (QED) is 0.826. The number of cyclic esters (lactones) is 1. The molecule has 1 N–H and O–H groups in total. The van der Waals surface area contributed by atoms with E-state index in [1.165, 1.54) is 6.08 Å². The molecule has 1 aromatic rings. The second-order valence-corrected chi connectivity index (χ2v) is 3.87. The molecule has 18 heavy (non-hydrogen) atoms. The lowest BCUT2D eigenvalue weighted by molar-refractivity contribution is -0.151. The Hall–Kier alpha value is -2.30. The highest BCUT2D eigenvalue weighted by Crippen LogP contribution is 2.13. The summed E-state index contributed by atoms with van der Waals surface area (Å²) < 4.78 is 9.69. The Morgan fingerprint density at radius 1 is 1.39 bits per heavy atom. The van der Waals surface area contributed by atoms with Crippen molar-refractivity contribution >= 4 is 12.1 Å². The van der Waals surface area contributed by atoms with Crippen molar-refractivity contribution in [2.45, 2.75) is 19.8 Å². The van der Waals surface area contributed by atoms with Gasteiger partial charge in [0, 0.05) is 18.2 Å². The van der Waals surface area contributed by atoms with E-state index in [1.807, 2.05) is 30.3 Å². The summed E-state index contributed by atoms with van der Waals surface area (Å²) in [6.45, 7) is 1.97. The predicted molar refractivity (Wildman–Crippen MR) is 63.4 cm³/mol. The summed E-state index contributed by atoms with van der Waals surface area (Å²) >= 11 is 0. The minimum atomic E-state index is -0.923. The van der Waals surface area contributed by atoms with Crippen LogP contribution in [0.4, 0.5) is 4.79 Å². The van der Waals surface area contributed by atoms with Crippen molar-refractivity contribution in [3.05, 3.63) is 47.5 Å². The van der Waals surface area contributed by atoms with Gasteiger partial charge in [0.15, 0.2) is 0 Å². The van der Waals surface area contributed by atoms with E-state index in [1.54, 1.807) is 6.92 Å². The third kappa shape index (κ3) is 3.10. The molecule has 1 atom stereocenters.